The Bertz CT molecular complexity index is 344. The number of rotatable bonds is 5. The third-order valence-corrected chi connectivity index (χ3v) is 2.38. The molecule has 0 saturated heterocycles. The zero-order valence-electron chi connectivity index (χ0n) is 10.3. The average Bonchev–Trinajstić information content (AvgIpc) is 2.60. The second-order valence-electron chi connectivity index (χ2n) is 4.52. The van der Waals surface area contributed by atoms with E-state index in [0.717, 1.165) is 5.56 Å². The minimum absolute atomic E-state index is 0.261. The third kappa shape index (κ3) is 5.21. The minimum Gasteiger partial charge on any atom is -0.310 e. The van der Waals surface area contributed by atoms with Gasteiger partial charge in [0.25, 0.3) is 0 Å². The predicted octanol–water partition coefficient (Wildman–Crippen LogP) is 2.89. The van der Waals surface area contributed by atoms with Crippen LogP contribution < -0.4 is 5.32 Å². The van der Waals surface area contributed by atoms with Crippen molar-refractivity contribution < 1.29 is 13.2 Å². The van der Waals surface area contributed by atoms with E-state index in [1.807, 2.05) is 20.0 Å². The number of nitrogens with one attached hydrogen (secondary N) is 1. The molecule has 1 rings (SSSR count). The predicted molar refractivity (Wildman–Crippen MR) is 59.6 cm³/mol. The van der Waals surface area contributed by atoms with Gasteiger partial charge in [-0.1, -0.05) is 0 Å². The van der Waals surface area contributed by atoms with Crippen LogP contribution in [0.3, 0.4) is 0 Å². The Kier molecular flexibility index (Phi) is 4.56. The molecule has 1 N–H and O–H groups in total. The summed E-state index contributed by atoms with van der Waals surface area (Å²) in [7, 11) is 0. The SMILES string of the molecule is CC(CC(F)(F)F)NCc1cnn(C(C)C)c1. The number of aromatic nitrogens is 2. The van der Waals surface area contributed by atoms with Gasteiger partial charge in [-0.3, -0.25) is 4.68 Å². The van der Waals surface area contributed by atoms with Gasteiger partial charge in [-0.25, -0.2) is 0 Å². The molecule has 6 heteroatoms. The fraction of sp³-hybridized carbons (Fsp3) is 0.727. The van der Waals surface area contributed by atoms with Crippen molar-refractivity contribution in [2.75, 3.05) is 0 Å². The van der Waals surface area contributed by atoms with Crippen LogP contribution in [0.15, 0.2) is 12.4 Å². The first-order valence-electron chi connectivity index (χ1n) is 5.61. The lowest BCUT2D eigenvalue weighted by Gasteiger charge is -2.15. The second kappa shape index (κ2) is 5.53. The summed E-state index contributed by atoms with van der Waals surface area (Å²) in [4.78, 5) is 0. The molecule has 0 aliphatic carbocycles. The van der Waals surface area contributed by atoms with E-state index in [1.165, 1.54) is 6.92 Å². The summed E-state index contributed by atoms with van der Waals surface area (Å²) in [6.07, 6.45) is -1.41. The maximum absolute atomic E-state index is 12.1. The summed E-state index contributed by atoms with van der Waals surface area (Å²) >= 11 is 0. The fourth-order valence-electron chi connectivity index (χ4n) is 1.46. The van der Waals surface area contributed by atoms with Crippen LogP contribution >= 0.6 is 0 Å². The minimum atomic E-state index is -4.12. The first kappa shape index (κ1) is 14.0. The van der Waals surface area contributed by atoms with Gasteiger partial charge in [0.2, 0.25) is 0 Å². The van der Waals surface area contributed by atoms with Gasteiger partial charge in [0.1, 0.15) is 0 Å². The van der Waals surface area contributed by atoms with Gasteiger partial charge in [-0.15, -0.1) is 0 Å². The van der Waals surface area contributed by atoms with Gasteiger partial charge in [-0.05, 0) is 20.8 Å². The molecule has 0 bridgehead atoms. The maximum atomic E-state index is 12.1. The van der Waals surface area contributed by atoms with E-state index in [9.17, 15) is 13.2 Å². The van der Waals surface area contributed by atoms with Crippen LogP contribution in [0.4, 0.5) is 13.2 Å². The Hall–Kier alpha value is -1.04. The number of halogens is 3. The third-order valence-electron chi connectivity index (χ3n) is 2.38. The van der Waals surface area contributed by atoms with E-state index in [0.29, 0.717) is 6.54 Å². The lowest BCUT2D eigenvalue weighted by atomic mass is 10.2. The zero-order valence-corrected chi connectivity index (χ0v) is 10.3. The normalized spacial score (nSPS) is 14.3. The molecular formula is C11H18F3N3. The highest BCUT2D eigenvalue weighted by molar-refractivity contribution is 5.04. The quantitative estimate of drug-likeness (QED) is 0.869. The summed E-state index contributed by atoms with van der Waals surface area (Å²) in [5.41, 5.74) is 0.896. The highest BCUT2D eigenvalue weighted by atomic mass is 19.4. The van der Waals surface area contributed by atoms with Crippen molar-refractivity contribution in [3.05, 3.63) is 18.0 Å². The molecule has 1 aromatic rings. The highest BCUT2D eigenvalue weighted by Crippen LogP contribution is 2.21. The molecule has 1 unspecified atom stereocenters. The summed E-state index contributed by atoms with van der Waals surface area (Å²) in [6, 6.07) is -0.325. The lowest BCUT2D eigenvalue weighted by molar-refractivity contribution is -0.139. The smallest absolute Gasteiger partial charge is 0.310 e. The van der Waals surface area contributed by atoms with Crippen molar-refractivity contribution in [2.45, 2.75) is 52.0 Å². The molecule has 1 atom stereocenters. The molecule has 0 saturated carbocycles. The van der Waals surface area contributed by atoms with Gasteiger partial charge in [-0.2, -0.15) is 18.3 Å². The summed E-state index contributed by atoms with van der Waals surface area (Å²) in [6.45, 7) is 5.93. The van der Waals surface area contributed by atoms with E-state index in [-0.39, 0.29) is 6.04 Å². The zero-order chi connectivity index (χ0) is 13.1. The van der Waals surface area contributed by atoms with Crippen LogP contribution in [0.2, 0.25) is 0 Å². The van der Waals surface area contributed by atoms with Crippen molar-refractivity contribution in [1.82, 2.24) is 15.1 Å². The Morgan fingerprint density at radius 1 is 1.35 bits per heavy atom. The molecule has 1 aromatic heterocycles. The number of hydrogen-bond acceptors (Lipinski definition) is 2. The Morgan fingerprint density at radius 3 is 2.47 bits per heavy atom. The van der Waals surface area contributed by atoms with Crippen molar-refractivity contribution in [1.29, 1.82) is 0 Å². The van der Waals surface area contributed by atoms with E-state index in [4.69, 9.17) is 0 Å². The van der Waals surface area contributed by atoms with Crippen molar-refractivity contribution in [3.63, 3.8) is 0 Å². The summed E-state index contributed by atoms with van der Waals surface area (Å²) < 4.78 is 38.0. The van der Waals surface area contributed by atoms with Gasteiger partial charge >= 0.3 is 6.18 Å². The Morgan fingerprint density at radius 2 is 2.00 bits per heavy atom. The fourth-order valence-corrected chi connectivity index (χ4v) is 1.46. The maximum Gasteiger partial charge on any atom is 0.390 e. The monoisotopic (exact) mass is 249 g/mol. The van der Waals surface area contributed by atoms with Crippen molar-refractivity contribution in [3.8, 4) is 0 Å². The molecule has 0 amide bonds. The van der Waals surface area contributed by atoms with E-state index in [2.05, 4.69) is 10.4 Å². The summed E-state index contributed by atoms with van der Waals surface area (Å²) in [5, 5.41) is 6.96. The van der Waals surface area contributed by atoms with Crippen molar-refractivity contribution >= 4 is 0 Å². The van der Waals surface area contributed by atoms with Gasteiger partial charge in [0, 0.05) is 30.4 Å². The van der Waals surface area contributed by atoms with Crippen LogP contribution in [0.25, 0.3) is 0 Å². The molecule has 0 fully saturated rings. The molecule has 0 spiro atoms. The average molecular weight is 249 g/mol. The molecule has 0 aromatic carbocycles. The molecule has 17 heavy (non-hydrogen) atoms. The first-order chi connectivity index (χ1) is 7.78. The largest absolute Gasteiger partial charge is 0.390 e. The van der Waals surface area contributed by atoms with E-state index in [1.54, 1.807) is 10.9 Å². The molecule has 1 heterocycles. The number of alkyl halides is 3. The molecule has 98 valence electrons. The van der Waals surface area contributed by atoms with Crippen molar-refractivity contribution in [2.24, 2.45) is 0 Å². The summed E-state index contributed by atoms with van der Waals surface area (Å²) in [5.74, 6) is 0. The standard InChI is InChI=1S/C11H18F3N3/c1-8(2)17-7-10(6-16-17)5-15-9(3)4-11(12,13)14/h6-9,15H,4-5H2,1-3H3. The van der Waals surface area contributed by atoms with Gasteiger partial charge in [0.05, 0.1) is 12.6 Å². The molecule has 0 aliphatic heterocycles. The lowest BCUT2D eigenvalue weighted by Crippen LogP contribution is -2.30. The van der Waals surface area contributed by atoms with Gasteiger partial charge < -0.3 is 5.32 Å². The van der Waals surface area contributed by atoms with Crippen LogP contribution in [-0.2, 0) is 6.54 Å². The topological polar surface area (TPSA) is 29.9 Å². The van der Waals surface area contributed by atoms with Crippen LogP contribution in [0.5, 0.6) is 0 Å². The number of hydrogen-bond donors (Lipinski definition) is 1. The van der Waals surface area contributed by atoms with E-state index >= 15 is 0 Å². The van der Waals surface area contributed by atoms with Crippen LogP contribution in [0.1, 0.15) is 38.8 Å². The van der Waals surface area contributed by atoms with E-state index < -0.39 is 18.6 Å². The Balaban J connectivity index is 2.39. The first-order valence-corrected chi connectivity index (χ1v) is 5.61. The van der Waals surface area contributed by atoms with Crippen LogP contribution in [-0.4, -0.2) is 22.0 Å². The molecular weight excluding hydrogens is 231 g/mol. The van der Waals surface area contributed by atoms with Crippen LogP contribution in [0, 0.1) is 0 Å². The second-order valence-corrected chi connectivity index (χ2v) is 4.52. The number of nitrogens with zero attached hydrogens (tertiary/aromatic N) is 2. The Labute approximate surface area is 99.0 Å². The molecule has 0 aliphatic rings. The molecule has 3 nitrogen and oxygen atoms in total. The highest BCUT2D eigenvalue weighted by Gasteiger charge is 2.29. The van der Waals surface area contributed by atoms with Gasteiger partial charge in [0.15, 0.2) is 0 Å². The molecule has 0 radical (unpaired) electrons.